The third-order valence-corrected chi connectivity index (χ3v) is 3.03. The fraction of sp³-hybridized carbons (Fsp3) is 0.533. The van der Waals surface area contributed by atoms with Crippen molar-refractivity contribution in [2.24, 2.45) is 0 Å². The van der Waals surface area contributed by atoms with Crippen molar-refractivity contribution >= 4 is 5.69 Å². The van der Waals surface area contributed by atoms with Crippen LogP contribution in [-0.4, -0.2) is 6.04 Å². The molecular weight excluding hydrogens is 208 g/mol. The van der Waals surface area contributed by atoms with Crippen molar-refractivity contribution in [1.82, 2.24) is 0 Å². The number of nitrogens with zero attached hydrogens (tertiary/aromatic N) is 1. The van der Waals surface area contributed by atoms with Gasteiger partial charge in [-0.3, -0.25) is 0 Å². The highest BCUT2D eigenvalue weighted by atomic mass is 14.9. The van der Waals surface area contributed by atoms with Crippen LogP contribution in [0.1, 0.15) is 50.7 Å². The van der Waals surface area contributed by atoms with Crippen LogP contribution in [0.25, 0.3) is 0 Å². The van der Waals surface area contributed by atoms with E-state index in [2.05, 4.69) is 25.2 Å². The molecule has 0 amide bonds. The molecule has 1 N–H and O–H groups in total. The van der Waals surface area contributed by atoms with E-state index in [1.54, 1.807) is 0 Å². The maximum absolute atomic E-state index is 9.14. The van der Waals surface area contributed by atoms with Gasteiger partial charge in [-0.1, -0.05) is 38.3 Å². The summed E-state index contributed by atoms with van der Waals surface area (Å²) in [6.07, 6.45) is 4.94. The van der Waals surface area contributed by atoms with Crippen LogP contribution < -0.4 is 5.32 Å². The number of hydrogen-bond donors (Lipinski definition) is 1. The summed E-state index contributed by atoms with van der Waals surface area (Å²) in [5, 5.41) is 12.6. The zero-order valence-corrected chi connectivity index (χ0v) is 11.1. The molecule has 1 atom stereocenters. The lowest BCUT2D eigenvalue weighted by Gasteiger charge is -2.16. The Balaban J connectivity index is 2.62. The third kappa shape index (κ3) is 4.11. The molecule has 0 radical (unpaired) electrons. The Morgan fingerprint density at radius 3 is 2.76 bits per heavy atom. The van der Waals surface area contributed by atoms with Crippen LogP contribution >= 0.6 is 0 Å². The van der Waals surface area contributed by atoms with Gasteiger partial charge in [-0.25, -0.2) is 0 Å². The van der Waals surface area contributed by atoms with E-state index in [9.17, 15) is 0 Å². The zero-order chi connectivity index (χ0) is 12.7. The molecule has 0 spiro atoms. The summed E-state index contributed by atoms with van der Waals surface area (Å²) in [4.78, 5) is 0. The van der Waals surface area contributed by atoms with Gasteiger partial charge in [0.05, 0.1) is 11.3 Å². The van der Waals surface area contributed by atoms with Crippen LogP contribution in [0.4, 0.5) is 5.69 Å². The van der Waals surface area contributed by atoms with E-state index in [0.717, 1.165) is 23.2 Å². The Bertz CT molecular complexity index is 390. The highest BCUT2D eigenvalue weighted by molar-refractivity contribution is 5.60. The number of anilines is 1. The number of hydrogen-bond acceptors (Lipinski definition) is 2. The Labute approximate surface area is 105 Å². The number of nitriles is 1. The molecule has 0 aromatic heterocycles. The van der Waals surface area contributed by atoms with Crippen LogP contribution in [0.2, 0.25) is 0 Å². The molecule has 0 bridgehead atoms. The highest BCUT2D eigenvalue weighted by Crippen LogP contribution is 2.20. The van der Waals surface area contributed by atoms with Crippen molar-refractivity contribution in [2.45, 2.75) is 52.5 Å². The first-order chi connectivity index (χ1) is 8.19. The summed E-state index contributed by atoms with van der Waals surface area (Å²) in [5.41, 5.74) is 2.78. The average Bonchev–Trinajstić information content (AvgIpc) is 2.29. The van der Waals surface area contributed by atoms with Crippen molar-refractivity contribution in [3.8, 4) is 6.07 Å². The summed E-state index contributed by atoms with van der Waals surface area (Å²) < 4.78 is 0. The molecule has 2 heteroatoms. The van der Waals surface area contributed by atoms with E-state index >= 15 is 0 Å². The van der Waals surface area contributed by atoms with E-state index in [-0.39, 0.29) is 0 Å². The summed E-state index contributed by atoms with van der Waals surface area (Å²) in [5.74, 6) is 0. The predicted octanol–water partition coefficient (Wildman–Crippen LogP) is 4.25. The first-order valence-electron chi connectivity index (χ1n) is 6.45. The molecular formula is C15H22N2. The standard InChI is InChI=1S/C15H22N2/c1-4-5-6-9-13(3)17-15-10-7-8-12(2)14(15)11-16/h7-8,10,13,17H,4-6,9H2,1-3H3. The topological polar surface area (TPSA) is 35.8 Å². The van der Waals surface area contributed by atoms with Gasteiger partial charge in [-0.15, -0.1) is 0 Å². The molecule has 92 valence electrons. The molecule has 0 aliphatic rings. The third-order valence-electron chi connectivity index (χ3n) is 3.03. The molecule has 1 aromatic rings. The summed E-state index contributed by atoms with van der Waals surface area (Å²) in [6.45, 7) is 6.37. The molecule has 0 aliphatic heterocycles. The summed E-state index contributed by atoms with van der Waals surface area (Å²) in [7, 11) is 0. The van der Waals surface area contributed by atoms with Gasteiger partial charge in [0, 0.05) is 6.04 Å². The average molecular weight is 230 g/mol. The fourth-order valence-corrected chi connectivity index (χ4v) is 1.97. The molecule has 1 unspecified atom stereocenters. The minimum Gasteiger partial charge on any atom is -0.382 e. The van der Waals surface area contributed by atoms with Crippen LogP contribution in [-0.2, 0) is 0 Å². The van der Waals surface area contributed by atoms with Crippen LogP contribution in [0.3, 0.4) is 0 Å². The van der Waals surface area contributed by atoms with Gasteiger partial charge in [-0.2, -0.15) is 5.26 Å². The molecule has 0 fully saturated rings. The van der Waals surface area contributed by atoms with Crippen molar-refractivity contribution in [2.75, 3.05) is 5.32 Å². The van der Waals surface area contributed by atoms with Gasteiger partial charge in [-0.05, 0) is 31.9 Å². The number of rotatable bonds is 6. The molecule has 17 heavy (non-hydrogen) atoms. The van der Waals surface area contributed by atoms with Gasteiger partial charge < -0.3 is 5.32 Å². The van der Waals surface area contributed by atoms with E-state index < -0.39 is 0 Å². The molecule has 0 saturated heterocycles. The van der Waals surface area contributed by atoms with Crippen LogP contribution in [0, 0.1) is 18.3 Å². The second kappa shape index (κ2) is 6.96. The van der Waals surface area contributed by atoms with Gasteiger partial charge in [0.15, 0.2) is 0 Å². The van der Waals surface area contributed by atoms with Crippen LogP contribution in [0.15, 0.2) is 18.2 Å². The molecule has 0 saturated carbocycles. The molecule has 0 aliphatic carbocycles. The predicted molar refractivity (Wildman–Crippen MR) is 73.1 cm³/mol. The molecule has 1 rings (SSSR count). The quantitative estimate of drug-likeness (QED) is 0.742. The van der Waals surface area contributed by atoms with Crippen molar-refractivity contribution in [3.05, 3.63) is 29.3 Å². The largest absolute Gasteiger partial charge is 0.382 e. The second-order valence-electron chi connectivity index (χ2n) is 4.65. The second-order valence-corrected chi connectivity index (χ2v) is 4.65. The number of nitrogens with one attached hydrogen (secondary N) is 1. The van der Waals surface area contributed by atoms with Gasteiger partial charge in [0.25, 0.3) is 0 Å². The van der Waals surface area contributed by atoms with Gasteiger partial charge >= 0.3 is 0 Å². The first-order valence-corrected chi connectivity index (χ1v) is 6.45. The van der Waals surface area contributed by atoms with E-state index in [1.807, 2.05) is 25.1 Å². The van der Waals surface area contributed by atoms with Crippen LogP contribution in [0.5, 0.6) is 0 Å². The minimum absolute atomic E-state index is 0.426. The maximum atomic E-state index is 9.14. The monoisotopic (exact) mass is 230 g/mol. The number of unbranched alkanes of at least 4 members (excludes halogenated alkanes) is 2. The SMILES string of the molecule is CCCCCC(C)Nc1cccc(C)c1C#N. The number of aryl methyl sites for hydroxylation is 1. The Morgan fingerprint density at radius 2 is 2.12 bits per heavy atom. The Morgan fingerprint density at radius 1 is 1.35 bits per heavy atom. The van der Waals surface area contributed by atoms with Gasteiger partial charge in [0.1, 0.15) is 6.07 Å². The normalized spacial score (nSPS) is 11.9. The lowest BCUT2D eigenvalue weighted by atomic mass is 10.1. The van der Waals surface area contributed by atoms with Crippen molar-refractivity contribution < 1.29 is 0 Å². The van der Waals surface area contributed by atoms with E-state index in [1.165, 1.54) is 19.3 Å². The minimum atomic E-state index is 0.426. The summed E-state index contributed by atoms with van der Waals surface area (Å²) >= 11 is 0. The molecule has 1 aromatic carbocycles. The fourth-order valence-electron chi connectivity index (χ4n) is 1.97. The van der Waals surface area contributed by atoms with Gasteiger partial charge in [0.2, 0.25) is 0 Å². The molecule has 0 heterocycles. The van der Waals surface area contributed by atoms with E-state index in [0.29, 0.717) is 6.04 Å². The lowest BCUT2D eigenvalue weighted by Crippen LogP contribution is -2.16. The highest BCUT2D eigenvalue weighted by Gasteiger charge is 2.07. The first kappa shape index (κ1) is 13.6. The zero-order valence-electron chi connectivity index (χ0n) is 11.1. The lowest BCUT2D eigenvalue weighted by molar-refractivity contribution is 0.615. The van der Waals surface area contributed by atoms with Crippen molar-refractivity contribution in [1.29, 1.82) is 5.26 Å². The Kier molecular flexibility index (Phi) is 5.56. The summed E-state index contributed by atoms with van der Waals surface area (Å²) in [6, 6.07) is 8.66. The van der Waals surface area contributed by atoms with Crippen molar-refractivity contribution in [3.63, 3.8) is 0 Å². The smallest absolute Gasteiger partial charge is 0.102 e. The molecule has 2 nitrogen and oxygen atoms in total. The maximum Gasteiger partial charge on any atom is 0.102 e. The Hall–Kier alpha value is -1.49. The number of benzene rings is 1. The van der Waals surface area contributed by atoms with E-state index in [4.69, 9.17) is 5.26 Å².